The highest BCUT2D eigenvalue weighted by molar-refractivity contribution is 5.75. The van der Waals surface area contributed by atoms with Crippen LogP contribution in [0.1, 0.15) is 18.9 Å². The fourth-order valence-corrected chi connectivity index (χ4v) is 1.85. The topological polar surface area (TPSA) is 23.5 Å². The zero-order chi connectivity index (χ0) is 9.97. The Labute approximate surface area is 84.5 Å². The van der Waals surface area contributed by atoms with Gasteiger partial charge in [-0.05, 0) is 24.6 Å². The van der Waals surface area contributed by atoms with Gasteiger partial charge in [-0.2, -0.15) is 0 Å². The molecule has 0 atom stereocenters. The first-order valence-corrected chi connectivity index (χ1v) is 5.06. The van der Waals surface area contributed by atoms with Gasteiger partial charge in [0, 0.05) is 24.3 Å². The fraction of sp³-hybridized carbons (Fsp3) is 0.333. The van der Waals surface area contributed by atoms with Crippen LogP contribution in [0.2, 0.25) is 0 Å². The number of rotatable bonds is 2. The smallest absolute Gasteiger partial charge is 0.122 e. The Hall–Kier alpha value is -1.44. The first-order chi connectivity index (χ1) is 6.83. The first-order valence-electron chi connectivity index (χ1n) is 5.06. The predicted molar refractivity (Wildman–Crippen MR) is 59.6 cm³/mol. The van der Waals surface area contributed by atoms with Gasteiger partial charge in [-0.25, -0.2) is 0 Å². The van der Waals surface area contributed by atoms with Crippen LogP contribution in [0.15, 0.2) is 30.3 Å². The van der Waals surface area contributed by atoms with E-state index in [2.05, 4.69) is 17.9 Å². The van der Waals surface area contributed by atoms with Crippen LogP contribution in [0.3, 0.4) is 0 Å². The fourth-order valence-electron chi connectivity index (χ4n) is 1.85. The molecule has 1 aromatic carbocycles. The van der Waals surface area contributed by atoms with E-state index in [0.717, 1.165) is 30.8 Å². The number of aliphatic hydroxyl groups is 1. The molecule has 0 spiro atoms. The molecule has 1 aliphatic rings. The van der Waals surface area contributed by atoms with Gasteiger partial charge in [-0.15, -0.1) is 0 Å². The molecule has 0 unspecified atom stereocenters. The highest BCUT2D eigenvalue weighted by Crippen LogP contribution is 2.29. The third-order valence-corrected chi connectivity index (χ3v) is 2.52. The minimum atomic E-state index is 0.410. The van der Waals surface area contributed by atoms with E-state index in [1.54, 1.807) is 0 Å². The van der Waals surface area contributed by atoms with Crippen molar-refractivity contribution in [1.82, 2.24) is 0 Å². The summed E-state index contributed by atoms with van der Waals surface area (Å²) in [6, 6.07) is 8.00. The summed E-state index contributed by atoms with van der Waals surface area (Å²) in [7, 11) is 0. The largest absolute Gasteiger partial charge is 0.508 e. The van der Waals surface area contributed by atoms with E-state index in [-0.39, 0.29) is 0 Å². The maximum absolute atomic E-state index is 9.68. The molecule has 0 amide bonds. The number of anilines is 1. The van der Waals surface area contributed by atoms with E-state index in [0.29, 0.717) is 5.76 Å². The van der Waals surface area contributed by atoms with Crippen molar-refractivity contribution in [2.45, 2.75) is 13.3 Å². The van der Waals surface area contributed by atoms with Crippen LogP contribution in [0, 0.1) is 0 Å². The van der Waals surface area contributed by atoms with Gasteiger partial charge in [0.15, 0.2) is 0 Å². The molecular weight excluding hydrogens is 174 g/mol. The van der Waals surface area contributed by atoms with Crippen molar-refractivity contribution < 1.29 is 5.11 Å². The number of fused-ring (bicyclic) bond motifs is 1. The van der Waals surface area contributed by atoms with Gasteiger partial charge >= 0.3 is 0 Å². The number of hydrogen-bond donors (Lipinski definition) is 1. The molecule has 0 fully saturated rings. The van der Waals surface area contributed by atoms with Crippen LogP contribution in [-0.4, -0.2) is 18.2 Å². The summed E-state index contributed by atoms with van der Waals surface area (Å²) in [4.78, 5) is 2.29. The maximum atomic E-state index is 9.68. The molecule has 74 valence electrons. The Morgan fingerprint density at radius 2 is 2.14 bits per heavy atom. The second-order valence-corrected chi connectivity index (χ2v) is 3.55. The maximum Gasteiger partial charge on any atom is 0.122 e. The molecule has 14 heavy (non-hydrogen) atoms. The van der Waals surface area contributed by atoms with Gasteiger partial charge in [0.25, 0.3) is 0 Å². The van der Waals surface area contributed by atoms with Gasteiger partial charge in [0.1, 0.15) is 5.76 Å². The quantitative estimate of drug-likeness (QED) is 0.773. The van der Waals surface area contributed by atoms with E-state index in [9.17, 15) is 5.11 Å². The standard InChI is InChI=1S/C12H15NO/c1-2-8-13-9-7-12(14)10-5-3-4-6-11(10)13/h3-7,14H,2,8-9H2,1H3. The zero-order valence-corrected chi connectivity index (χ0v) is 8.40. The summed E-state index contributed by atoms with van der Waals surface area (Å²) in [5, 5.41) is 9.68. The second kappa shape index (κ2) is 3.74. The lowest BCUT2D eigenvalue weighted by Crippen LogP contribution is -2.27. The highest BCUT2D eigenvalue weighted by Gasteiger charge is 2.16. The summed E-state index contributed by atoms with van der Waals surface area (Å²) in [5.41, 5.74) is 2.10. The van der Waals surface area contributed by atoms with Crippen LogP contribution < -0.4 is 4.90 Å². The summed E-state index contributed by atoms with van der Waals surface area (Å²) in [6.07, 6.45) is 3.00. The molecule has 0 aromatic heterocycles. The van der Waals surface area contributed by atoms with Gasteiger partial charge < -0.3 is 10.0 Å². The van der Waals surface area contributed by atoms with Crippen molar-refractivity contribution in [1.29, 1.82) is 0 Å². The average Bonchev–Trinajstić information content (AvgIpc) is 2.23. The lowest BCUT2D eigenvalue weighted by Gasteiger charge is -2.28. The van der Waals surface area contributed by atoms with Crippen molar-refractivity contribution >= 4 is 11.4 Å². The molecular formula is C12H15NO. The summed E-state index contributed by atoms with van der Waals surface area (Å²) in [5.74, 6) is 0.410. The molecule has 1 aliphatic heterocycles. The Bertz CT molecular complexity index is 357. The minimum absolute atomic E-state index is 0.410. The van der Waals surface area contributed by atoms with Gasteiger partial charge in [0.05, 0.1) is 0 Å². The third-order valence-electron chi connectivity index (χ3n) is 2.52. The van der Waals surface area contributed by atoms with Crippen molar-refractivity contribution in [2.75, 3.05) is 18.0 Å². The SMILES string of the molecule is CCCN1CC=C(O)c2ccccc21. The van der Waals surface area contributed by atoms with E-state index < -0.39 is 0 Å². The lowest BCUT2D eigenvalue weighted by atomic mass is 10.1. The first kappa shape index (κ1) is 9.13. The van der Waals surface area contributed by atoms with Crippen molar-refractivity contribution in [2.24, 2.45) is 0 Å². The Morgan fingerprint density at radius 1 is 1.36 bits per heavy atom. The van der Waals surface area contributed by atoms with Gasteiger partial charge in [-0.3, -0.25) is 0 Å². The number of para-hydroxylation sites is 1. The van der Waals surface area contributed by atoms with E-state index >= 15 is 0 Å². The monoisotopic (exact) mass is 189 g/mol. The molecule has 1 N–H and O–H groups in total. The van der Waals surface area contributed by atoms with E-state index in [1.807, 2.05) is 24.3 Å². The second-order valence-electron chi connectivity index (χ2n) is 3.55. The minimum Gasteiger partial charge on any atom is -0.508 e. The molecule has 1 aromatic rings. The molecule has 2 heteroatoms. The Morgan fingerprint density at radius 3 is 2.93 bits per heavy atom. The molecule has 0 saturated carbocycles. The number of nitrogens with zero attached hydrogens (tertiary/aromatic N) is 1. The van der Waals surface area contributed by atoms with Crippen LogP contribution in [0.25, 0.3) is 5.76 Å². The van der Waals surface area contributed by atoms with Crippen LogP contribution >= 0.6 is 0 Å². The average molecular weight is 189 g/mol. The normalized spacial score (nSPS) is 14.9. The third kappa shape index (κ3) is 1.48. The van der Waals surface area contributed by atoms with Crippen molar-refractivity contribution in [3.05, 3.63) is 35.9 Å². The van der Waals surface area contributed by atoms with Crippen molar-refractivity contribution in [3.8, 4) is 0 Å². The van der Waals surface area contributed by atoms with Crippen LogP contribution in [0.4, 0.5) is 5.69 Å². The molecule has 0 radical (unpaired) electrons. The highest BCUT2D eigenvalue weighted by atomic mass is 16.3. The zero-order valence-electron chi connectivity index (χ0n) is 8.40. The molecule has 0 aliphatic carbocycles. The summed E-state index contributed by atoms with van der Waals surface area (Å²) in [6.45, 7) is 4.03. The predicted octanol–water partition coefficient (Wildman–Crippen LogP) is 2.82. The Kier molecular flexibility index (Phi) is 2.44. The number of hydrogen-bond acceptors (Lipinski definition) is 2. The molecule has 1 heterocycles. The van der Waals surface area contributed by atoms with Crippen LogP contribution in [-0.2, 0) is 0 Å². The molecule has 2 nitrogen and oxygen atoms in total. The van der Waals surface area contributed by atoms with Crippen molar-refractivity contribution in [3.63, 3.8) is 0 Å². The summed E-state index contributed by atoms with van der Waals surface area (Å²) < 4.78 is 0. The molecule has 2 rings (SSSR count). The van der Waals surface area contributed by atoms with E-state index in [1.165, 1.54) is 0 Å². The number of benzene rings is 1. The van der Waals surface area contributed by atoms with Crippen LogP contribution in [0.5, 0.6) is 0 Å². The van der Waals surface area contributed by atoms with Gasteiger partial charge in [0.2, 0.25) is 0 Å². The number of aliphatic hydroxyl groups excluding tert-OH is 1. The molecule has 0 bridgehead atoms. The Balaban J connectivity index is 2.38. The summed E-state index contributed by atoms with van der Waals surface area (Å²) >= 11 is 0. The van der Waals surface area contributed by atoms with E-state index in [4.69, 9.17) is 0 Å². The molecule has 0 saturated heterocycles. The lowest BCUT2D eigenvalue weighted by molar-refractivity contribution is 0.507. The van der Waals surface area contributed by atoms with Gasteiger partial charge in [-0.1, -0.05) is 19.1 Å².